The van der Waals surface area contributed by atoms with Gasteiger partial charge in [-0.1, -0.05) is 155 Å². The number of benzene rings is 4. The number of hydrogen-bond donors (Lipinski definition) is 9. The van der Waals surface area contributed by atoms with Crippen LogP contribution in [0.4, 0.5) is 9.59 Å². The van der Waals surface area contributed by atoms with Crippen molar-refractivity contribution in [3.8, 4) is 6.07 Å². The summed E-state index contributed by atoms with van der Waals surface area (Å²) >= 11 is 0. The first kappa shape index (κ1) is 91.5. The number of carbonyl (C=O) groups excluding carboxylic acids is 2. The maximum absolute atomic E-state index is 11.8. The number of rotatable bonds is 11. The molecule has 0 bridgehead atoms. The van der Waals surface area contributed by atoms with E-state index in [2.05, 4.69) is 112 Å². The van der Waals surface area contributed by atoms with Gasteiger partial charge in [-0.25, -0.2) is 9.59 Å². The SMILES string of the molecule is C.C.CC.CC#N.CC(C)(C)OC(=O)N[C@@H]1CCN(Cc2ccccc2)C[C@H]1O.CC(C)(C)OC(=O)N[C@@H]1CCNC[C@H]1O.CCO.N[C@@H]1CCN(Cc2ccccc2)C[C@H]1O.[CH3-].[N-]=[N+]=N[C@@H]1CCN(Cc2ccccc2)C[C@H]1O.[Pd].c1ccc(CN2CCC3OC3C2)cc1. The molecule has 10 atom stereocenters. The van der Waals surface area contributed by atoms with Gasteiger partial charge in [0.1, 0.15) is 11.2 Å². The van der Waals surface area contributed by atoms with Crippen LogP contribution in [0.1, 0.15) is 138 Å². The molecule has 4 aromatic rings. The van der Waals surface area contributed by atoms with E-state index < -0.39 is 41.7 Å². The molecule has 95 heavy (non-hydrogen) atoms. The van der Waals surface area contributed by atoms with Crippen molar-refractivity contribution >= 4 is 12.2 Å². The number of aliphatic hydroxyl groups is 5. The fraction of sp³-hybridized carbons (Fsp3) is 0.611. The minimum atomic E-state index is -0.579. The Bertz CT molecular complexity index is 2660. The number of β-amino-alcohol motifs (C(OH)–C–C–N with tert-alkyl or cyclic N) is 4. The molecule has 10 rings (SSSR count). The molecule has 2 amide bonds. The first-order valence-corrected chi connectivity index (χ1v) is 32.4. The van der Waals surface area contributed by atoms with Crippen LogP contribution in [0.25, 0.3) is 10.4 Å². The van der Waals surface area contributed by atoms with Gasteiger partial charge in [0.2, 0.25) is 0 Å². The zero-order valence-electron chi connectivity index (χ0n) is 57.2. The third-order valence-corrected chi connectivity index (χ3v) is 14.9. The van der Waals surface area contributed by atoms with Crippen molar-refractivity contribution < 1.29 is 69.8 Å². The van der Waals surface area contributed by atoms with Gasteiger partial charge in [-0.3, -0.25) is 19.6 Å². The molecule has 23 heteroatoms. The predicted octanol–water partition coefficient (Wildman–Crippen LogP) is 9.83. The van der Waals surface area contributed by atoms with Crippen LogP contribution >= 0.6 is 0 Å². The summed E-state index contributed by atoms with van der Waals surface area (Å²) in [4.78, 5) is 35.1. The van der Waals surface area contributed by atoms with Crippen LogP contribution in [0.2, 0.25) is 0 Å². The van der Waals surface area contributed by atoms with Gasteiger partial charge in [-0.15, -0.1) is 0 Å². The van der Waals surface area contributed by atoms with Crippen LogP contribution in [-0.2, 0) is 60.8 Å². The molecule has 2 unspecified atom stereocenters. The number of carbonyl (C=O) groups is 2. The Kier molecular flexibility index (Phi) is 48.8. The number of nitrogens with two attached hydrogens (primary N) is 1. The van der Waals surface area contributed by atoms with Crippen molar-refractivity contribution in [3.05, 3.63) is 161 Å². The Morgan fingerprint density at radius 3 is 1.32 bits per heavy atom. The Labute approximate surface area is 584 Å². The number of likely N-dealkylation sites (tertiary alicyclic amines) is 4. The first-order chi connectivity index (χ1) is 43.5. The summed E-state index contributed by atoms with van der Waals surface area (Å²) in [6, 6.07) is 42.3. The number of ether oxygens (including phenoxy) is 3. The number of piperidine rings is 5. The molecule has 6 heterocycles. The van der Waals surface area contributed by atoms with E-state index in [0.29, 0.717) is 44.8 Å². The number of nitrogens with zero attached hydrogens (tertiary/aromatic N) is 8. The number of fused-ring (bicyclic) bond motifs is 1. The fourth-order valence-electron chi connectivity index (χ4n) is 10.5. The van der Waals surface area contributed by atoms with E-state index in [-0.39, 0.29) is 79.6 Å². The molecular formula is C72H121N12O10Pd-. The van der Waals surface area contributed by atoms with E-state index in [1.165, 1.54) is 42.1 Å². The summed E-state index contributed by atoms with van der Waals surface area (Å²) in [6.45, 7) is 30.0. The van der Waals surface area contributed by atoms with Crippen molar-refractivity contribution in [3.63, 3.8) is 0 Å². The number of hydrogen-bond acceptors (Lipinski definition) is 18. The van der Waals surface area contributed by atoms with Gasteiger partial charge in [-0.05, 0) is 121 Å². The second-order valence-corrected chi connectivity index (χ2v) is 25.0. The zero-order chi connectivity index (χ0) is 67.2. The Morgan fingerprint density at radius 2 is 0.968 bits per heavy atom. The minimum absolute atomic E-state index is 0. The van der Waals surface area contributed by atoms with E-state index in [9.17, 15) is 30.0 Å². The molecule has 6 aliphatic heterocycles. The van der Waals surface area contributed by atoms with Crippen molar-refractivity contribution in [2.75, 3.05) is 72.1 Å². The second kappa shape index (κ2) is 50.7. The van der Waals surface area contributed by atoms with Crippen molar-refractivity contribution in [2.45, 2.75) is 214 Å². The van der Waals surface area contributed by atoms with Crippen LogP contribution in [0.3, 0.4) is 0 Å². The normalized spacial score (nSPS) is 23.5. The summed E-state index contributed by atoms with van der Waals surface area (Å²) in [5.41, 5.74) is 18.3. The molecule has 0 aliphatic carbocycles. The number of alkyl carbamates (subject to hydrolysis) is 2. The molecular weight excluding hydrogens is 1300 g/mol. The molecule has 6 fully saturated rings. The molecule has 22 nitrogen and oxygen atoms in total. The van der Waals surface area contributed by atoms with Crippen molar-refractivity contribution in [1.29, 1.82) is 5.26 Å². The average molecular weight is 1420 g/mol. The number of nitriles is 1. The van der Waals surface area contributed by atoms with Crippen LogP contribution < -0.4 is 21.7 Å². The summed E-state index contributed by atoms with van der Waals surface area (Å²) in [5.74, 6) is 0. The number of amides is 2. The standard InChI is InChI=1S/C17H26N2O3.C12H16N4O.C12H18N2O.C12H15NO.C10H20N2O3.C2H3N.C2H6O.C2H6.2CH4.CH3.Pd/c1-17(2,3)22-16(21)18-14-9-10-19(12-15(14)20)11-13-7-5-4-6-8-13;13-15-14-11-6-7-16(9-12(11)17)8-10-4-2-1-3-5-10;13-11-6-7-14(9-12(11)15)8-10-4-2-1-3-5-10;1-2-4-10(5-3-1)8-13-7-6-11-12(9-13)14-11;1-10(2,3)15-9(14)12-7-4-5-11-6-8(7)13;2*1-2-3;1-2;;;;/h4-8,14-15,20H,9-12H2,1-3H3,(H,18,21);1-5,11-12,17H,6-9H2;1-5,11-12,15H,6-9,13H2;1-5,11-12H,6-9H2;7-8,11,13H,4-6H2,1-3H3,(H,12,14);1H3;3H,2H2,1H3;1-2H3;2*1H4;1H3;/q;;;;;;;;;;-1;/t14-,15-;2*11-,12-;;7-,8-;;;;;;;/m111.1......./s1. The van der Waals surface area contributed by atoms with E-state index in [1.807, 2.05) is 110 Å². The predicted molar refractivity (Wildman–Crippen MR) is 378 cm³/mol. The quantitative estimate of drug-likeness (QED) is 0.0168. The minimum Gasteiger partial charge on any atom is -0.444 e. The van der Waals surface area contributed by atoms with Gasteiger partial charge in [0.05, 0.1) is 60.8 Å². The first-order valence-electron chi connectivity index (χ1n) is 32.4. The molecule has 0 saturated carbocycles. The van der Waals surface area contributed by atoms with Crippen molar-refractivity contribution in [2.24, 2.45) is 10.8 Å². The number of nitrogens with one attached hydrogen (secondary N) is 3. The van der Waals surface area contributed by atoms with E-state index in [0.717, 1.165) is 78.2 Å². The number of aliphatic hydroxyl groups excluding tert-OH is 5. The maximum atomic E-state index is 11.8. The molecule has 540 valence electrons. The summed E-state index contributed by atoms with van der Waals surface area (Å²) in [5, 5.41) is 66.3. The third kappa shape index (κ3) is 40.0. The van der Waals surface area contributed by atoms with Crippen LogP contribution in [0.15, 0.2) is 126 Å². The van der Waals surface area contributed by atoms with E-state index in [1.54, 1.807) is 13.0 Å². The van der Waals surface area contributed by atoms with E-state index >= 15 is 0 Å². The largest absolute Gasteiger partial charge is 0.444 e. The summed E-state index contributed by atoms with van der Waals surface area (Å²) in [6.07, 6.45) is 2.44. The average Bonchev–Trinajstić information content (AvgIpc) is 1.68. The Balaban J connectivity index is 0. The van der Waals surface area contributed by atoms with Crippen LogP contribution in [0, 0.1) is 18.8 Å². The van der Waals surface area contributed by atoms with E-state index in [4.69, 9.17) is 35.8 Å². The smallest absolute Gasteiger partial charge is 0.407 e. The summed E-state index contributed by atoms with van der Waals surface area (Å²) < 4.78 is 15.8. The molecule has 6 saturated heterocycles. The zero-order valence-corrected chi connectivity index (χ0v) is 58.8. The van der Waals surface area contributed by atoms with Gasteiger partial charge in [-0.2, -0.15) is 5.26 Å². The maximum Gasteiger partial charge on any atom is 0.407 e. The monoisotopic (exact) mass is 1420 g/mol. The molecule has 0 radical (unpaired) electrons. The van der Waals surface area contributed by atoms with Gasteiger partial charge >= 0.3 is 12.2 Å². The molecule has 0 spiro atoms. The van der Waals surface area contributed by atoms with Crippen LogP contribution in [0.5, 0.6) is 0 Å². The number of epoxide rings is 1. The van der Waals surface area contributed by atoms with Gasteiger partial charge in [0, 0.05) is 123 Å². The third-order valence-electron chi connectivity index (χ3n) is 14.9. The molecule has 10 N–H and O–H groups in total. The fourth-order valence-corrected chi connectivity index (χ4v) is 10.5. The van der Waals surface area contributed by atoms with Gasteiger partial charge < -0.3 is 68.9 Å². The van der Waals surface area contributed by atoms with Gasteiger partial charge in [0.15, 0.2) is 0 Å². The van der Waals surface area contributed by atoms with Gasteiger partial charge in [0.25, 0.3) is 0 Å². The Hall–Kier alpha value is -5.60. The number of azide groups is 1. The summed E-state index contributed by atoms with van der Waals surface area (Å²) in [7, 11) is 0. The molecule has 4 aromatic carbocycles. The van der Waals surface area contributed by atoms with Crippen LogP contribution in [-0.4, -0.2) is 201 Å². The topological polar surface area (TPSA) is 314 Å². The molecule has 6 aliphatic rings. The second-order valence-electron chi connectivity index (χ2n) is 25.0. The Morgan fingerprint density at radius 1 is 0.621 bits per heavy atom. The van der Waals surface area contributed by atoms with Crippen molar-refractivity contribution in [1.82, 2.24) is 35.6 Å². The molecule has 0 aromatic heterocycles.